The van der Waals surface area contributed by atoms with Crippen molar-refractivity contribution >= 4 is 5.97 Å². The number of carbonyl (C=O) groups is 1. The van der Waals surface area contributed by atoms with Gasteiger partial charge in [0.15, 0.2) is 12.6 Å². The zero-order valence-corrected chi connectivity index (χ0v) is 28.7. The molecule has 0 aromatic heterocycles. The number of aliphatic hydroxyl groups is 1. The molecule has 0 saturated carbocycles. The Morgan fingerprint density at radius 1 is 0.795 bits per heavy atom. The van der Waals surface area contributed by atoms with Crippen LogP contribution in [-0.4, -0.2) is 54.0 Å². The minimum atomic E-state index is -0.195. The van der Waals surface area contributed by atoms with Crippen LogP contribution in [0.1, 0.15) is 118 Å². The summed E-state index contributed by atoms with van der Waals surface area (Å²) in [7, 11) is 0. The molecule has 2 aromatic rings. The lowest BCUT2D eigenvalue weighted by molar-refractivity contribution is -0.243. The van der Waals surface area contributed by atoms with Crippen LogP contribution in [0.15, 0.2) is 60.7 Å². The molecule has 2 heterocycles. The highest BCUT2D eigenvalue weighted by Crippen LogP contribution is 2.30. The third-order valence-electron chi connectivity index (χ3n) is 7.35. The third kappa shape index (κ3) is 17.9. The standard InChI is InChI=1S/C14H20O2.C13H18O2.C6H12O2.C4H10O/c1-3-13-9-11(2)15-14(16-13)10-12-7-5-4-6-8-12;1-3-12-9-10(2)14-13(15-12)11-7-5-4-6-8-11;1-4-5(2)8-6(3)7;1-3-4(2)5/h4-8,11,13-14H,3,9-10H2,1-2H3;4-8,10,12-13H,3,9H2,1-2H3;5H,4H2,1-3H3;4-5H,3H2,1-2H3. The summed E-state index contributed by atoms with van der Waals surface area (Å²) in [6.45, 7) is 17.6. The van der Waals surface area contributed by atoms with Crippen molar-refractivity contribution in [1.29, 1.82) is 0 Å². The molecule has 2 aliphatic rings. The van der Waals surface area contributed by atoms with Crippen LogP contribution in [0.4, 0.5) is 0 Å². The number of hydrogen-bond acceptors (Lipinski definition) is 7. The summed E-state index contributed by atoms with van der Waals surface area (Å²) in [5.74, 6) is -0.195. The Morgan fingerprint density at radius 2 is 1.30 bits per heavy atom. The number of esters is 1. The molecule has 7 nitrogen and oxygen atoms in total. The lowest BCUT2D eigenvalue weighted by Gasteiger charge is -2.34. The van der Waals surface area contributed by atoms with Crippen LogP contribution in [0.3, 0.4) is 0 Å². The second-order valence-corrected chi connectivity index (χ2v) is 11.6. The first-order valence-corrected chi connectivity index (χ1v) is 16.6. The lowest BCUT2D eigenvalue weighted by Crippen LogP contribution is -2.37. The highest BCUT2D eigenvalue weighted by molar-refractivity contribution is 5.66. The second-order valence-electron chi connectivity index (χ2n) is 11.6. The number of rotatable bonds is 8. The third-order valence-corrected chi connectivity index (χ3v) is 7.35. The van der Waals surface area contributed by atoms with Crippen LogP contribution in [0.5, 0.6) is 0 Å². The molecule has 2 fully saturated rings. The fourth-order valence-corrected chi connectivity index (χ4v) is 4.45. The van der Waals surface area contributed by atoms with Crippen LogP contribution < -0.4 is 0 Å². The molecular formula is C37H60O7. The van der Waals surface area contributed by atoms with Gasteiger partial charge in [-0.1, -0.05) is 88.4 Å². The highest BCUT2D eigenvalue weighted by atomic mass is 16.7. The van der Waals surface area contributed by atoms with Gasteiger partial charge in [-0.15, -0.1) is 0 Å². The molecule has 8 unspecified atom stereocenters. The van der Waals surface area contributed by atoms with E-state index in [4.69, 9.17) is 28.8 Å². The Labute approximate surface area is 267 Å². The Morgan fingerprint density at radius 3 is 1.75 bits per heavy atom. The average molecular weight is 617 g/mol. The molecule has 2 saturated heterocycles. The minimum Gasteiger partial charge on any atom is -0.463 e. The van der Waals surface area contributed by atoms with Gasteiger partial charge in [-0.05, 0) is 71.8 Å². The van der Waals surface area contributed by atoms with Crippen LogP contribution in [0.25, 0.3) is 0 Å². The molecule has 2 aliphatic heterocycles. The van der Waals surface area contributed by atoms with Crippen LogP contribution in [0, 0.1) is 0 Å². The molecule has 0 radical (unpaired) electrons. The van der Waals surface area contributed by atoms with E-state index in [0.717, 1.165) is 50.5 Å². The van der Waals surface area contributed by atoms with Gasteiger partial charge in [0.05, 0.1) is 36.6 Å². The highest BCUT2D eigenvalue weighted by Gasteiger charge is 2.28. The van der Waals surface area contributed by atoms with Crippen molar-refractivity contribution in [1.82, 2.24) is 0 Å². The van der Waals surface area contributed by atoms with Crippen molar-refractivity contribution in [2.45, 2.75) is 156 Å². The summed E-state index contributed by atoms with van der Waals surface area (Å²) in [5, 5.41) is 8.36. The van der Waals surface area contributed by atoms with Crippen molar-refractivity contribution in [2.24, 2.45) is 0 Å². The van der Waals surface area contributed by atoms with Gasteiger partial charge in [0.2, 0.25) is 0 Å². The van der Waals surface area contributed by atoms with E-state index >= 15 is 0 Å². The van der Waals surface area contributed by atoms with Crippen LogP contribution in [-0.2, 0) is 34.9 Å². The monoisotopic (exact) mass is 616 g/mol. The molecule has 0 amide bonds. The largest absolute Gasteiger partial charge is 0.463 e. The van der Waals surface area contributed by atoms with E-state index in [-0.39, 0.29) is 36.9 Å². The summed E-state index contributed by atoms with van der Waals surface area (Å²) in [5.41, 5.74) is 2.39. The quantitative estimate of drug-likeness (QED) is 0.298. The van der Waals surface area contributed by atoms with E-state index in [0.29, 0.717) is 18.3 Å². The molecule has 250 valence electrons. The zero-order valence-electron chi connectivity index (χ0n) is 28.7. The maximum Gasteiger partial charge on any atom is 0.302 e. The summed E-state index contributed by atoms with van der Waals surface area (Å²) in [4.78, 5) is 10.2. The number of ether oxygens (including phenoxy) is 5. The van der Waals surface area contributed by atoms with Crippen molar-refractivity contribution in [3.05, 3.63) is 71.8 Å². The topological polar surface area (TPSA) is 83.5 Å². The summed E-state index contributed by atoms with van der Waals surface area (Å²) >= 11 is 0. The van der Waals surface area contributed by atoms with E-state index in [9.17, 15) is 4.79 Å². The van der Waals surface area contributed by atoms with E-state index < -0.39 is 0 Å². The first-order valence-electron chi connectivity index (χ1n) is 16.6. The van der Waals surface area contributed by atoms with Gasteiger partial charge in [-0.2, -0.15) is 0 Å². The average Bonchev–Trinajstić information content (AvgIpc) is 3.02. The van der Waals surface area contributed by atoms with Gasteiger partial charge in [0.25, 0.3) is 0 Å². The number of carbonyl (C=O) groups excluding carboxylic acids is 1. The molecule has 7 heteroatoms. The Balaban J connectivity index is 0.000000320. The zero-order chi connectivity index (χ0) is 32.9. The van der Waals surface area contributed by atoms with E-state index in [2.05, 4.69) is 64.1 Å². The van der Waals surface area contributed by atoms with E-state index in [1.54, 1.807) is 6.92 Å². The molecule has 1 N–H and O–H groups in total. The molecule has 0 bridgehead atoms. The summed E-state index contributed by atoms with van der Waals surface area (Å²) < 4.78 is 28.1. The molecule has 4 rings (SSSR count). The van der Waals surface area contributed by atoms with Crippen LogP contribution in [0.2, 0.25) is 0 Å². The maximum atomic E-state index is 10.2. The first kappa shape index (κ1) is 39.7. The van der Waals surface area contributed by atoms with Crippen molar-refractivity contribution in [3.8, 4) is 0 Å². The van der Waals surface area contributed by atoms with Gasteiger partial charge < -0.3 is 28.8 Å². The van der Waals surface area contributed by atoms with E-state index in [1.165, 1.54) is 12.5 Å². The Kier molecular flexibility index (Phi) is 20.9. The molecule has 2 aromatic carbocycles. The normalized spacial score (nSPS) is 25.8. The van der Waals surface area contributed by atoms with Gasteiger partial charge >= 0.3 is 5.97 Å². The fourth-order valence-electron chi connectivity index (χ4n) is 4.45. The van der Waals surface area contributed by atoms with Crippen LogP contribution >= 0.6 is 0 Å². The number of aliphatic hydroxyl groups excluding tert-OH is 1. The molecule has 8 atom stereocenters. The van der Waals surface area contributed by atoms with Gasteiger partial charge in [0, 0.05) is 18.9 Å². The predicted octanol–water partition coefficient (Wildman–Crippen LogP) is 8.57. The van der Waals surface area contributed by atoms with Gasteiger partial charge in [-0.3, -0.25) is 4.79 Å². The molecule has 44 heavy (non-hydrogen) atoms. The lowest BCUT2D eigenvalue weighted by atomic mass is 10.1. The van der Waals surface area contributed by atoms with Crippen molar-refractivity contribution in [2.75, 3.05) is 0 Å². The SMILES string of the molecule is CCC(C)O.CCC(C)OC(C)=O.CCC1CC(C)OC(Cc2ccccc2)O1.CCC1CC(C)OC(c2ccccc2)O1. The predicted molar refractivity (Wildman–Crippen MR) is 177 cm³/mol. The minimum absolute atomic E-state index is 0.0731. The first-order chi connectivity index (χ1) is 21.0. The van der Waals surface area contributed by atoms with Crippen molar-refractivity contribution in [3.63, 3.8) is 0 Å². The Bertz CT molecular complexity index is 968. The number of hydrogen-bond donors (Lipinski definition) is 1. The van der Waals surface area contributed by atoms with Gasteiger partial charge in [-0.25, -0.2) is 0 Å². The summed E-state index contributed by atoms with van der Waals surface area (Å²) in [6.07, 6.45) is 7.73. The van der Waals surface area contributed by atoms with E-state index in [1.807, 2.05) is 45.0 Å². The summed E-state index contributed by atoms with van der Waals surface area (Å²) in [6, 6.07) is 20.5. The molecule has 0 aliphatic carbocycles. The van der Waals surface area contributed by atoms with Crippen molar-refractivity contribution < 1.29 is 33.6 Å². The second kappa shape index (κ2) is 23.1. The Hall–Kier alpha value is -2.29. The molecule has 0 spiro atoms. The van der Waals surface area contributed by atoms with Gasteiger partial charge in [0.1, 0.15) is 0 Å². The smallest absolute Gasteiger partial charge is 0.302 e. The molecular weight excluding hydrogens is 556 g/mol. The number of benzene rings is 2. The fraction of sp³-hybridized carbons (Fsp3) is 0.649. The maximum absolute atomic E-state index is 10.2.